The van der Waals surface area contributed by atoms with Gasteiger partial charge < -0.3 is 5.32 Å². The predicted octanol–water partition coefficient (Wildman–Crippen LogP) is 3.78. The monoisotopic (exact) mass is 289 g/mol. The Hall–Kier alpha value is -3.21. The van der Waals surface area contributed by atoms with Crippen LogP contribution in [0, 0.1) is 0 Å². The van der Waals surface area contributed by atoms with Gasteiger partial charge in [0.2, 0.25) is 0 Å². The van der Waals surface area contributed by atoms with Gasteiger partial charge in [-0.3, -0.25) is 10.1 Å². The summed E-state index contributed by atoms with van der Waals surface area (Å²) < 4.78 is 0. The van der Waals surface area contributed by atoms with Crippen molar-refractivity contribution in [1.29, 1.82) is 0 Å². The Labute approximate surface area is 128 Å². The van der Waals surface area contributed by atoms with Crippen molar-refractivity contribution in [2.75, 3.05) is 5.32 Å². The summed E-state index contributed by atoms with van der Waals surface area (Å²) in [5, 5.41) is 12.1. The van der Waals surface area contributed by atoms with Gasteiger partial charge in [-0.1, -0.05) is 30.3 Å². The molecule has 5 heteroatoms. The summed E-state index contributed by atoms with van der Waals surface area (Å²) >= 11 is 0. The van der Waals surface area contributed by atoms with E-state index in [0.29, 0.717) is 0 Å². The van der Waals surface area contributed by atoms with Gasteiger partial charge in [-0.05, 0) is 29.0 Å². The molecule has 0 saturated heterocycles. The number of aromatic amines is 1. The first-order valence-electron chi connectivity index (χ1n) is 6.88. The van der Waals surface area contributed by atoms with E-state index in [1.165, 1.54) is 10.8 Å². The Bertz CT molecular complexity index is 747. The fourth-order valence-corrected chi connectivity index (χ4v) is 1.92. The molecule has 3 heterocycles. The Morgan fingerprint density at radius 3 is 2.36 bits per heavy atom. The summed E-state index contributed by atoms with van der Waals surface area (Å²) in [6.45, 7) is 0. The summed E-state index contributed by atoms with van der Waals surface area (Å²) in [4.78, 5) is 8.10. The van der Waals surface area contributed by atoms with Crippen LogP contribution in [0.25, 0.3) is 10.8 Å². The highest BCUT2D eigenvalue weighted by atomic mass is 15.2. The van der Waals surface area contributed by atoms with Crippen LogP contribution in [-0.4, -0.2) is 20.2 Å². The van der Waals surface area contributed by atoms with Crippen molar-refractivity contribution in [3.05, 3.63) is 79.4 Å². The van der Waals surface area contributed by atoms with Crippen molar-refractivity contribution in [3.8, 4) is 0 Å². The molecule has 0 amide bonds. The number of hydrogen-bond donors (Lipinski definition) is 2. The molecule has 0 saturated carbocycles. The SMILES string of the molecule is c1ccc(Nc2cc[nH]n2)nc1.c1ccc2cnccc2c1. The maximum Gasteiger partial charge on any atom is 0.153 e. The molecule has 4 rings (SSSR count). The van der Waals surface area contributed by atoms with Crippen LogP contribution in [0.15, 0.2) is 79.4 Å². The summed E-state index contributed by atoms with van der Waals surface area (Å²) in [6.07, 6.45) is 7.16. The second kappa shape index (κ2) is 6.99. The lowest BCUT2D eigenvalue weighted by Crippen LogP contribution is -1.92. The second-order valence-electron chi connectivity index (χ2n) is 4.52. The van der Waals surface area contributed by atoms with E-state index in [-0.39, 0.29) is 0 Å². The third-order valence-electron chi connectivity index (χ3n) is 2.97. The largest absolute Gasteiger partial charge is 0.323 e. The molecule has 0 aliphatic rings. The molecular weight excluding hydrogens is 274 g/mol. The number of aromatic nitrogens is 4. The average molecular weight is 289 g/mol. The minimum atomic E-state index is 0.772. The quantitative estimate of drug-likeness (QED) is 0.589. The standard InChI is InChI=1S/C9H7N.C8H8N4/c1-2-4-9-7-10-6-5-8(9)3-1;1-2-5-9-7(3-1)11-8-4-6-10-12-8/h1-7H;1-6H,(H2,9,10,11,12). The van der Waals surface area contributed by atoms with Gasteiger partial charge in [0, 0.05) is 30.9 Å². The molecule has 0 aliphatic carbocycles. The molecule has 0 atom stereocenters. The van der Waals surface area contributed by atoms with Gasteiger partial charge in [0.05, 0.1) is 0 Å². The van der Waals surface area contributed by atoms with Crippen LogP contribution in [0.3, 0.4) is 0 Å². The third kappa shape index (κ3) is 3.67. The number of nitrogens with zero attached hydrogens (tertiary/aromatic N) is 3. The van der Waals surface area contributed by atoms with E-state index in [2.05, 4.69) is 37.6 Å². The molecule has 108 valence electrons. The maximum atomic E-state index is 4.09. The Balaban J connectivity index is 0.000000133. The van der Waals surface area contributed by atoms with Crippen molar-refractivity contribution < 1.29 is 0 Å². The molecule has 0 aliphatic heterocycles. The number of rotatable bonds is 2. The van der Waals surface area contributed by atoms with Crippen molar-refractivity contribution in [2.45, 2.75) is 0 Å². The minimum Gasteiger partial charge on any atom is -0.323 e. The van der Waals surface area contributed by atoms with E-state index in [0.717, 1.165) is 11.6 Å². The van der Waals surface area contributed by atoms with Gasteiger partial charge in [0.15, 0.2) is 5.82 Å². The van der Waals surface area contributed by atoms with Crippen LogP contribution in [0.2, 0.25) is 0 Å². The average Bonchev–Trinajstić information content (AvgIpc) is 3.10. The van der Waals surface area contributed by atoms with Crippen LogP contribution >= 0.6 is 0 Å². The molecule has 0 unspecified atom stereocenters. The lowest BCUT2D eigenvalue weighted by atomic mass is 10.2. The lowest BCUT2D eigenvalue weighted by Gasteiger charge is -1.98. The molecule has 0 spiro atoms. The van der Waals surface area contributed by atoms with Gasteiger partial charge in [-0.2, -0.15) is 5.10 Å². The van der Waals surface area contributed by atoms with E-state index < -0.39 is 0 Å². The second-order valence-corrected chi connectivity index (χ2v) is 4.52. The van der Waals surface area contributed by atoms with Gasteiger partial charge in [0.25, 0.3) is 0 Å². The van der Waals surface area contributed by atoms with Crippen molar-refractivity contribution >= 4 is 22.4 Å². The van der Waals surface area contributed by atoms with Crippen LogP contribution in [0.1, 0.15) is 0 Å². The Morgan fingerprint density at radius 2 is 1.64 bits per heavy atom. The summed E-state index contributed by atoms with van der Waals surface area (Å²) in [5.41, 5.74) is 0. The zero-order valence-corrected chi connectivity index (χ0v) is 11.8. The first kappa shape index (κ1) is 13.8. The smallest absolute Gasteiger partial charge is 0.153 e. The minimum absolute atomic E-state index is 0.772. The highest BCUT2D eigenvalue weighted by Gasteiger charge is 1.93. The van der Waals surface area contributed by atoms with E-state index in [1.807, 2.05) is 54.9 Å². The Morgan fingerprint density at radius 1 is 0.773 bits per heavy atom. The van der Waals surface area contributed by atoms with Crippen molar-refractivity contribution in [2.24, 2.45) is 0 Å². The number of anilines is 2. The zero-order chi connectivity index (χ0) is 15.0. The fraction of sp³-hybridized carbons (Fsp3) is 0. The first-order valence-corrected chi connectivity index (χ1v) is 6.88. The van der Waals surface area contributed by atoms with Crippen LogP contribution < -0.4 is 5.32 Å². The highest BCUT2D eigenvalue weighted by Crippen LogP contribution is 2.09. The van der Waals surface area contributed by atoms with E-state index >= 15 is 0 Å². The number of nitrogens with one attached hydrogen (secondary N) is 2. The molecule has 5 nitrogen and oxygen atoms in total. The van der Waals surface area contributed by atoms with Gasteiger partial charge in [-0.25, -0.2) is 4.98 Å². The Kier molecular flexibility index (Phi) is 4.37. The first-order chi connectivity index (χ1) is 10.9. The number of fused-ring (bicyclic) bond motifs is 1. The molecule has 0 fully saturated rings. The molecule has 1 aromatic carbocycles. The normalized spacial score (nSPS) is 9.82. The van der Waals surface area contributed by atoms with Crippen LogP contribution in [0.5, 0.6) is 0 Å². The molecular formula is C17H15N5. The number of pyridine rings is 2. The summed E-state index contributed by atoms with van der Waals surface area (Å²) in [5.74, 6) is 1.57. The van der Waals surface area contributed by atoms with E-state index in [1.54, 1.807) is 12.4 Å². The number of benzene rings is 1. The van der Waals surface area contributed by atoms with Crippen LogP contribution in [0.4, 0.5) is 11.6 Å². The van der Waals surface area contributed by atoms with Gasteiger partial charge in [0.1, 0.15) is 5.82 Å². The summed E-state index contributed by atoms with van der Waals surface area (Å²) in [6, 6.07) is 17.7. The van der Waals surface area contributed by atoms with Crippen LogP contribution in [-0.2, 0) is 0 Å². The van der Waals surface area contributed by atoms with Crippen molar-refractivity contribution in [1.82, 2.24) is 20.2 Å². The molecule has 2 N–H and O–H groups in total. The van der Waals surface area contributed by atoms with Gasteiger partial charge >= 0.3 is 0 Å². The molecule has 22 heavy (non-hydrogen) atoms. The number of hydrogen-bond acceptors (Lipinski definition) is 4. The molecule has 3 aromatic heterocycles. The third-order valence-corrected chi connectivity index (χ3v) is 2.97. The van der Waals surface area contributed by atoms with E-state index in [9.17, 15) is 0 Å². The molecule has 4 aromatic rings. The molecule has 0 radical (unpaired) electrons. The topological polar surface area (TPSA) is 66.5 Å². The fourth-order valence-electron chi connectivity index (χ4n) is 1.92. The lowest BCUT2D eigenvalue weighted by molar-refractivity contribution is 1.09. The predicted molar refractivity (Wildman–Crippen MR) is 87.9 cm³/mol. The zero-order valence-electron chi connectivity index (χ0n) is 11.8. The maximum absolute atomic E-state index is 4.09. The van der Waals surface area contributed by atoms with Crippen molar-refractivity contribution in [3.63, 3.8) is 0 Å². The highest BCUT2D eigenvalue weighted by molar-refractivity contribution is 5.80. The summed E-state index contributed by atoms with van der Waals surface area (Å²) in [7, 11) is 0. The van der Waals surface area contributed by atoms with E-state index in [4.69, 9.17) is 0 Å². The number of H-pyrrole nitrogens is 1. The van der Waals surface area contributed by atoms with Gasteiger partial charge in [-0.15, -0.1) is 0 Å². The molecule has 0 bridgehead atoms.